The van der Waals surface area contributed by atoms with Crippen molar-refractivity contribution in [1.29, 1.82) is 0 Å². The molecule has 76 heavy (non-hydrogen) atoms. The zero-order valence-electron chi connectivity index (χ0n) is 45.1. The van der Waals surface area contributed by atoms with Gasteiger partial charge in [0.15, 0.2) is 12.6 Å². The van der Waals surface area contributed by atoms with Crippen molar-refractivity contribution in [2.45, 2.75) is 278 Å². The van der Waals surface area contributed by atoms with Gasteiger partial charge in [0.1, 0.15) is 67.1 Å². The average molecular weight is 1100 g/mol. The highest BCUT2D eigenvalue weighted by atomic mass is 16.8. The van der Waals surface area contributed by atoms with Crippen molar-refractivity contribution in [3.63, 3.8) is 0 Å². The summed E-state index contributed by atoms with van der Waals surface area (Å²) in [7, 11) is 0. The minimum absolute atomic E-state index is 0.208. The van der Waals surface area contributed by atoms with E-state index in [1.165, 1.54) is 44.9 Å². The van der Waals surface area contributed by atoms with Gasteiger partial charge in [0.2, 0.25) is 11.8 Å². The van der Waals surface area contributed by atoms with Crippen molar-refractivity contribution in [3.8, 4) is 0 Å². The quantitative estimate of drug-likeness (QED) is 0.0299. The lowest BCUT2D eigenvalue weighted by molar-refractivity contribution is -0.386. The molecule has 14 N–H and O–H groups in total. The van der Waals surface area contributed by atoms with Crippen molar-refractivity contribution in [2.24, 2.45) is 0 Å². The topological polar surface area (TPSA) is 373 Å². The van der Waals surface area contributed by atoms with Crippen LogP contribution in [0.4, 0.5) is 0 Å². The van der Waals surface area contributed by atoms with Gasteiger partial charge in [0, 0.05) is 19.8 Å². The van der Waals surface area contributed by atoms with Crippen molar-refractivity contribution < 1.29 is 104 Å². The molecule has 0 spiro atoms. The fraction of sp³-hybridized carbons (Fsp3) is 0.906. The zero-order chi connectivity index (χ0) is 56.2. The van der Waals surface area contributed by atoms with Gasteiger partial charge in [-0.2, -0.15) is 0 Å². The van der Waals surface area contributed by atoms with E-state index in [4.69, 9.17) is 28.4 Å². The Labute approximate surface area is 448 Å². The highest BCUT2D eigenvalue weighted by Gasteiger charge is 2.60. The number of nitrogens with one attached hydrogen (secondary N) is 2. The number of hydrogen-bond acceptors (Lipinski definition) is 20. The third kappa shape index (κ3) is 21.8. The number of aliphatic hydroxyl groups is 11. The number of carboxylic acids is 1. The second kappa shape index (κ2) is 36.7. The van der Waals surface area contributed by atoms with E-state index in [1.807, 2.05) is 0 Å². The maximum absolute atomic E-state index is 13.3. The van der Waals surface area contributed by atoms with E-state index >= 15 is 0 Å². The van der Waals surface area contributed by atoms with Gasteiger partial charge in [-0.15, -0.1) is 0 Å². The Morgan fingerprint density at radius 2 is 1.24 bits per heavy atom. The maximum atomic E-state index is 13.3. The number of aliphatic carboxylic acids is 1. The first-order chi connectivity index (χ1) is 36.4. The van der Waals surface area contributed by atoms with Crippen LogP contribution in [0.25, 0.3) is 0 Å². The number of amides is 2. The van der Waals surface area contributed by atoms with E-state index in [1.54, 1.807) is 0 Å². The third-order valence-electron chi connectivity index (χ3n) is 14.5. The monoisotopic (exact) mass is 1100 g/mol. The van der Waals surface area contributed by atoms with Gasteiger partial charge >= 0.3 is 5.97 Å². The van der Waals surface area contributed by atoms with Gasteiger partial charge in [-0.05, 0) is 32.1 Å². The molecule has 0 bridgehead atoms. The summed E-state index contributed by atoms with van der Waals surface area (Å²) in [5.74, 6) is -6.12. The number of unbranched alkanes of at least 4 members (excludes halogenated alkanes) is 17. The molecule has 0 aromatic rings. The van der Waals surface area contributed by atoms with Crippen LogP contribution in [-0.2, 0) is 42.8 Å². The van der Waals surface area contributed by atoms with Crippen molar-refractivity contribution in [1.82, 2.24) is 10.6 Å². The molecular formula is C53H96N2O21. The normalized spacial score (nSPS) is 31.7. The molecule has 18 unspecified atom stereocenters. The molecule has 0 aliphatic carbocycles. The Bertz CT molecular complexity index is 1630. The van der Waals surface area contributed by atoms with Crippen LogP contribution < -0.4 is 10.6 Å². The van der Waals surface area contributed by atoms with E-state index in [0.29, 0.717) is 19.3 Å². The number of allylic oxidation sites excluding steroid dienone is 2. The molecule has 3 fully saturated rings. The third-order valence-corrected chi connectivity index (χ3v) is 14.5. The number of hydrogen-bond donors (Lipinski definition) is 14. The first kappa shape index (κ1) is 67.7. The molecule has 0 aromatic heterocycles. The van der Waals surface area contributed by atoms with Crippen molar-refractivity contribution >= 4 is 17.8 Å². The molecule has 444 valence electrons. The Balaban J connectivity index is 1.71. The number of ether oxygens (including phenoxy) is 6. The molecule has 0 radical (unpaired) electrons. The summed E-state index contributed by atoms with van der Waals surface area (Å²) in [5.41, 5.74) is 0. The summed E-state index contributed by atoms with van der Waals surface area (Å²) >= 11 is 0. The van der Waals surface area contributed by atoms with Gasteiger partial charge in [-0.1, -0.05) is 129 Å². The van der Waals surface area contributed by atoms with Crippen molar-refractivity contribution in [3.05, 3.63) is 12.2 Å². The van der Waals surface area contributed by atoms with E-state index in [-0.39, 0.29) is 18.9 Å². The molecule has 3 aliphatic heterocycles. The van der Waals surface area contributed by atoms with Gasteiger partial charge in [-0.3, -0.25) is 9.59 Å². The van der Waals surface area contributed by atoms with Crippen LogP contribution >= 0.6 is 0 Å². The Kier molecular flexibility index (Phi) is 32.7. The van der Waals surface area contributed by atoms with Crippen LogP contribution in [0.3, 0.4) is 0 Å². The Morgan fingerprint density at radius 3 is 1.82 bits per heavy atom. The Morgan fingerprint density at radius 1 is 0.671 bits per heavy atom. The molecule has 0 saturated carbocycles. The molecule has 3 aliphatic rings. The summed E-state index contributed by atoms with van der Waals surface area (Å²) in [6, 6.07) is -2.53. The van der Waals surface area contributed by atoms with Gasteiger partial charge in [0.05, 0.1) is 50.7 Å². The van der Waals surface area contributed by atoms with Crippen molar-refractivity contribution in [2.75, 3.05) is 26.4 Å². The lowest BCUT2D eigenvalue weighted by Crippen LogP contribution is -2.70. The van der Waals surface area contributed by atoms with E-state index < -0.39 is 148 Å². The molecule has 3 saturated heterocycles. The summed E-state index contributed by atoms with van der Waals surface area (Å²) in [4.78, 5) is 38.2. The molecule has 23 nitrogen and oxygen atoms in total. The van der Waals surface area contributed by atoms with Gasteiger partial charge in [-0.25, -0.2) is 4.79 Å². The largest absolute Gasteiger partial charge is 0.477 e. The number of carbonyl (C=O) groups is 3. The van der Waals surface area contributed by atoms with Crippen LogP contribution in [0.5, 0.6) is 0 Å². The fourth-order valence-corrected chi connectivity index (χ4v) is 9.87. The predicted molar refractivity (Wildman–Crippen MR) is 274 cm³/mol. The smallest absolute Gasteiger partial charge is 0.364 e. The molecule has 2 amide bonds. The molecular weight excluding hydrogens is 1000 g/mol. The fourth-order valence-electron chi connectivity index (χ4n) is 9.87. The van der Waals surface area contributed by atoms with Crippen LogP contribution in [0.2, 0.25) is 0 Å². The van der Waals surface area contributed by atoms with Gasteiger partial charge < -0.3 is 100 Å². The van der Waals surface area contributed by atoms with E-state index in [2.05, 4.69) is 36.6 Å². The maximum Gasteiger partial charge on any atom is 0.364 e. The molecule has 23 heteroatoms. The minimum Gasteiger partial charge on any atom is -0.477 e. The zero-order valence-corrected chi connectivity index (χ0v) is 45.1. The highest BCUT2D eigenvalue weighted by Crippen LogP contribution is 2.38. The molecule has 18 atom stereocenters. The lowest BCUT2D eigenvalue weighted by atomic mass is 9.88. The minimum atomic E-state index is -3.08. The SMILES string of the molecule is CCCC/C=C\CCCCCCC(=O)NC(COC1OC(CO)C(OC2OC(CO)C(O)C(OC3(C(=O)O)CC(O)C(NC(C)=O)C(C(O)C(O)CO)O3)C2O)C(O)C1O)C(O)CCCCCCCCCCCCCC. The molecule has 0 aromatic carbocycles. The summed E-state index contributed by atoms with van der Waals surface area (Å²) in [6.07, 6.45) is -2.93. The van der Waals surface area contributed by atoms with E-state index in [9.17, 15) is 75.7 Å². The van der Waals surface area contributed by atoms with Crippen LogP contribution in [0.15, 0.2) is 12.2 Å². The standard InChI is InChI=1S/C53H96N2O21/c1-4-6-8-10-12-14-16-17-18-20-22-24-26-35(60)34(55-40(63)27-25-23-21-19-15-13-11-9-7-5-2)32-71-50-45(67)44(66)47(39(31-58)73-50)74-51-46(68)49(43(65)38(30-57)72-51)76-53(52(69)70)28-36(61)41(54-33(3)59)48(75-53)42(64)37(62)29-56/h11,13,34-39,41-51,56-58,60-62,64-68H,4-10,12,14-32H2,1-3H3,(H,54,59)(H,55,63)(H,69,70)/b13-11-. The number of carbonyl (C=O) groups excluding carboxylic acids is 2. The van der Waals surface area contributed by atoms with Crippen LogP contribution in [0, 0.1) is 0 Å². The first-order valence-corrected chi connectivity index (χ1v) is 28.0. The highest BCUT2D eigenvalue weighted by molar-refractivity contribution is 5.77. The average Bonchev–Trinajstić information content (AvgIpc) is 3.41. The summed E-state index contributed by atoms with van der Waals surface area (Å²) in [6.45, 7) is 2.07. The molecule has 3 rings (SSSR count). The lowest BCUT2D eigenvalue weighted by Gasteiger charge is -2.50. The summed E-state index contributed by atoms with van der Waals surface area (Å²) in [5, 5.41) is 135. The second-order valence-corrected chi connectivity index (χ2v) is 20.8. The Hall–Kier alpha value is -2.53. The summed E-state index contributed by atoms with van der Waals surface area (Å²) < 4.78 is 34.6. The van der Waals surface area contributed by atoms with Gasteiger partial charge in [0.25, 0.3) is 5.79 Å². The van der Waals surface area contributed by atoms with E-state index in [0.717, 1.165) is 77.6 Å². The molecule has 3 heterocycles. The first-order valence-electron chi connectivity index (χ1n) is 28.0. The second-order valence-electron chi connectivity index (χ2n) is 20.8. The number of aliphatic hydroxyl groups excluding tert-OH is 11. The van der Waals surface area contributed by atoms with Crippen LogP contribution in [-0.4, -0.2) is 215 Å². The predicted octanol–water partition coefficient (Wildman–Crippen LogP) is 0.825. The number of rotatable bonds is 39. The van der Waals surface area contributed by atoms with Crippen LogP contribution in [0.1, 0.15) is 168 Å². The number of carboxylic acid groups (broad SMARTS) is 1.